The first kappa shape index (κ1) is 11.7. The van der Waals surface area contributed by atoms with Crippen molar-refractivity contribution in [3.05, 3.63) is 41.8 Å². The molecular weight excluding hydrogens is 216 g/mol. The van der Waals surface area contributed by atoms with Crippen molar-refractivity contribution >= 4 is 0 Å². The van der Waals surface area contributed by atoms with E-state index in [9.17, 15) is 0 Å². The maximum absolute atomic E-state index is 5.52. The Kier molecular flexibility index (Phi) is 3.44. The fraction of sp³-hybridized carbons (Fsp3) is 0.308. The van der Waals surface area contributed by atoms with Gasteiger partial charge >= 0.3 is 6.08 Å². The summed E-state index contributed by atoms with van der Waals surface area (Å²) in [7, 11) is 0. The molecule has 1 aromatic carbocycles. The Labute approximate surface area is 100 Å². The summed E-state index contributed by atoms with van der Waals surface area (Å²) in [5.41, 5.74) is 7.34. The minimum absolute atomic E-state index is 0.228. The molecule has 0 radical (unpaired) electrons. The molecule has 1 heterocycles. The van der Waals surface area contributed by atoms with Gasteiger partial charge in [-0.05, 0) is 23.6 Å². The molecule has 2 N–H and O–H groups in total. The molecule has 0 bridgehead atoms. The summed E-state index contributed by atoms with van der Waals surface area (Å²) in [5, 5.41) is 0. The second-order valence-corrected chi connectivity index (χ2v) is 4.14. The van der Waals surface area contributed by atoms with Crippen LogP contribution in [0.5, 0.6) is 11.8 Å². The van der Waals surface area contributed by atoms with Crippen LogP contribution in [0, 0.1) is 0 Å². The first-order valence-electron chi connectivity index (χ1n) is 5.61. The number of hydrogen-bond donors (Lipinski definition) is 1. The summed E-state index contributed by atoms with van der Waals surface area (Å²) < 4.78 is 10.7. The molecule has 90 valence electrons. The van der Waals surface area contributed by atoms with E-state index in [0.29, 0.717) is 18.2 Å². The summed E-state index contributed by atoms with van der Waals surface area (Å²) in [4.78, 5) is 4.08. The van der Waals surface area contributed by atoms with Crippen molar-refractivity contribution in [2.24, 2.45) is 5.73 Å². The maximum atomic E-state index is 5.52. The molecule has 0 aliphatic rings. The van der Waals surface area contributed by atoms with E-state index < -0.39 is 0 Å². The van der Waals surface area contributed by atoms with Crippen LogP contribution in [0.15, 0.2) is 34.9 Å². The highest BCUT2D eigenvalue weighted by Gasteiger charge is 2.06. The minimum atomic E-state index is 0.228. The van der Waals surface area contributed by atoms with E-state index in [1.807, 2.05) is 18.2 Å². The van der Waals surface area contributed by atoms with Crippen molar-refractivity contribution in [3.8, 4) is 11.8 Å². The molecule has 0 atom stereocenters. The Morgan fingerprint density at radius 3 is 2.88 bits per heavy atom. The van der Waals surface area contributed by atoms with E-state index in [0.717, 1.165) is 5.75 Å². The highest BCUT2D eigenvalue weighted by molar-refractivity contribution is 5.31. The lowest BCUT2D eigenvalue weighted by Crippen LogP contribution is -1.96. The summed E-state index contributed by atoms with van der Waals surface area (Å²) in [6.07, 6.45) is 1.73. The summed E-state index contributed by atoms with van der Waals surface area (Å²) in [6.45, 7) is 4.62. The zero-order valence-corrected chi connectivity index (χ0v) is 10.0. The predicted octanol–water partition coefficient (Wildman–Crippen LogP) is 3.05. The van der Waals surface area contributed by atoms with Crippen LogP contribution in [0.4, 0.5) is 0 Å². The number of ether oxygens (including phenoxy) is 1. The van der Waals surface area contributed by atoms with E-state index >= 15 is 0 Å². The topological polar surface area (TPSA) is 61.3 Å². The van der Waals surface area contributed by atoms with Crippen molar-refractivity contribution in [2.75, 3.05) is 0 Å². The molecule has 0 aliphatic heterocycles. The van der Waals surface area contributed by atoms with Gasteiger partial charge in [0.1, 0.15) is 12.0 Å². The Hall–Kier alpha value is -1.81. The molecule has 0 saturated carbocycles. The third-order valence-corrected chi connectivity index (χ3v) is 2.47. The van der Waals surface area contributed by atoms with Crippen LogP contribution in [-0.2, 0) is 6.54 Å². The Bertz CT molecular complexity index is 492. The molecule has 1 aromatic heterocycles. The highest BCUT2D eigenvalue weighted by atomic mass is 16.6. The van der Waals surface area contributed by atoms with E-state index in [2.05, 4.69) is 24.9 Å². The largest absolute Gasteiger partial charge is 0.417 e. The monoisotopic (exact) mass is 232 g/mol. The van der Waals surface area contributed by atoms with Crippen LogP contribution in [0.3, 0.4) is 0 Å². The first-order valence-corrected chi connectivity index (χ1v) is 5.61. The van der Waals surface area contributed by atoms with E-state index in [-0.39, 0.29) is 6.08 Å². The van der Waals surface area contributed by atoms with Crippen LogP contribution >= 0.6 is 0 Å². The molecule has 17 heavy (non-hydrogen) atoms. The second kappa shape index (κ2) is 5.01. The number of nitrogens with zero attached hydrogens (tertiary/aromatic N) is 1. The number of nitrogens with two attached hydrogens (primary N) is 1. The number of oxazole rings is 1. The van der Waals surface area contributed by atoms with Gasteiger partial charge in [-0.15, -0.1) is 0 Å². The average Bonchev–Trinajstić information content (AvgIpc) is 2.77. The first-order chi connectivity index (χ1) is 8.19. The molecule has 0 spiro atoms. The SMILES string of the molecule is CC(C)c1cccc(Oc2nc(CN)co2)c1. The molecule has 2 rings (SSSR count). The fourth-order valence-electron chi connectivity index (χ4n) is 1.47. The van der Waals surface area contributed by atoms with Gasteiger partial charge < -0.3 is 14.9 Å². The standard InChI is InChI=1S/C13H16N2O2/c1-9(2)10-4-3-5-12(6-10)17-13-15-11(7-14)8-16-13/h3-6,8-9H,7,14H2,1-2H3. The van der Waals surface area contributed by atoms with E-state index in [4.69, 9.17) is 14.9 Å². The summed E-state index contributed by atoms with van der Waals surface area (Å²) in [5.74, 6) is 1.18. The van der Waals surface area contributed by atoms with Crippen LogP contribution in [-0.4, -0.2) is 4.98 Å². The second-order valence-electron chi connectivity index (χ2n) is 4.14. The molecule has 0 unspecified atom stereocenters. The third-order valence-electron chi connectivity index (χ3n) is 2.47. The van der Waals surface area contributed by atoms with Crippen LogP contribution in [0.25, 0.3) is 0 Å². The fourth-order valence-corrected chi connectivity index (χ4v) is 1.47. The van der Waals surface area contributed by atoms with Gasteiger partial charge in [-0.25, -0.2) is 0 Å². The lowest BCUT2D eigenvalue weighted by Gasteiger charge is -2.07. The van der Waals surface area contributed by atoms with Crippen molar-refractivity contribution in [2.45, 2.75) is 26.3 Å². The molecule has 4 heteroatoms. The van der Waals surface area contributed by atoms with Crippen LogP contribution in [0.2, 0.25) is 0 Å². The lowest BCUT2D eigenvalue weighted by molar-refractivity contribution is 0.330. The Morgan fingerprint density at radius 2 is 2.24 bits per heavy atom. The van der Waals surface area contributed by atoms with Crippen molar-refractivity contribution < 1.29 is 9.15 Å². The van der Waals surface area contributed by atoms with Gasteiger partial charge in [0.15, 0.2) is 0 Å². The van der Waals surface area contributed by atoms with E-state index in [1.54, 1.807) is 0 Å². The molecule has 0 saturated heterocycles. The van der Waals surface area contributed by atoms with Crippen LogP contribution < -0.4 is 10.5 Å². The number of aromatic nitrogens is 1. The lowest BCUT2D eigenvalue weighted by atomic mass is 10.0. The van der Waals surface area contributed by atoms with Gasteiger partial charge in [0.05, 0.1) is 5.69 Å². The van der Waals surface area contributed by atoms with Crippen LogP contribution in [0.1, 0.15) is 31.0 Å². The average molecular weight is 232 g/mol. The quantitative estimate of drug-likeness (QED) is 0.880. The Morgan fingerprint density at radius 1 is 1.41 bits per heavy atom. The van der Waals surface area contributed by atoms with Gasteiger partial charge in [-0.3, -0.25) is 0 Å². The highest BCUT2D eigenvalue weighted by Crippen LogP contribution is 2.24. The molecule has 2 aromatic rings. The molecule has 0 amide bonds. The number of rotatable bonds is 4. The molecule has 4 nitrogen and oxygen atoms in total. The smallest absolute Gasteiger partial charge is 0.399 e. The maximum Gasteiger partial charge on any atom is 0.399 e. The van der Waals surface area contributed by atoms with Crippen molar-refractivity contribution in [1.29, 1.82) is 0 Å². The normalized spacial score (nSPS) is 10.8. The Balaban J connectivity index is 2.15. The van der Waals surface area contributed by atoms with E-state index in [1.165, 1.54) is 11.8 Å². The molecular formula is C13H16N2O2. The van der Waals surface area contributed by atoms with Gasteiger partial charge in [0, 0.05) is 6.54 Å². The van der Waals surface area contributed by atoms with Gasteiger partial charge in [-0.2, -0.15) is 4.98 Å². The minimum Gasteiger partial charge on any atom is -0.417 e. The van der Waals surface area contributed by atoms with Gasteiger partial charge in [-0.1, -0.05) is 26.0 Å². The molecule has 0 aliphatic carbocycles. The van der Waals surface area contributed by atoms with Crippen molar-refractivity contribution in [3.63, 3.8) is 0 Å². The third kappa shape index (κ3) is 2.85. The number of benzene rings is 1. The zero-order chi connectivity index (χ0) is 12.3. The number of hydrogen-bond acceptors (Lipinski definition) is 4. The van der Waals surface area contributed by atoms with Crippen molar-refractivity contribution in [1.82, 2.24) is 4.98 Å². The zero-order valence-electron chi connectivity index (χ0n) is 10.0. The predicted molar refractivity (Wildman–Crippen MR) is 65.0 cm³/mol. The van der Waals surface area contributed by atoms with Gasteiger partial charge in [0.2, 0.25) is 0 Å². The summed E-state index contributed by atoms with van der Waals surface area (Å²) in [6, 6.07) is 7.88. The summed E-state index contributed by atoms with van der Waals surface area (Å²) >= 11 is 0. The molecule has 0 fully saturated rings. The van der Waals surface area contributed by atoms with Gasteiger partial charge in [0.25, 0.3) is 0 Å².